The van der Waals surface area contributed by atoms with Crippen LogP contribution in [0.4, 0.5) is 17.6 Å². The van der Waals surface area contributed by atoms with Crippen molar-refractivity contribution in [3.05, 3.63) is 53.6 Å². The van der Waals surface area contributed by atoms with Crippen molar-refractivity contribution >= 4 is 5.91 Å². The molecule has 32 heavy (non-hydrogen) atoms. The number of benzene rings is 2. The second kappa shape index (κ2) is 9.41. The molecule has 2 aromatic carbocycles. The lowest BCUT2D eigenvalue weighted by atomic mass is 9.99. The molecule has 1 saturated heterocycles. The summed E-state index contributed by atoms with van der Waals surface area (Å²) in [5, 5.41) is 31.1. The Kier molecular flexibility index (Phi) is 7.03. The summed E-state index contributed by atoms with van der Waals surface area (Å²) in [4.78, 5) is 11.8. The minimum absolute atomic E-state index is 0.125. The average molecular weight is 459 g/mol. The van der Waals surface area contributed by atoms with Gasteiger partial charge in [0.2, 0.25) is 6.29 Å². The van der Waals surface area contributed by atoms with Gasteiger partial charge in [-0.15, -0.1) is 0 Å². The van der Waals surface area contributed by atoms with E-state index in [2.05, 4.69) is 5.32 Å². The zero-order valence-corrected chi connectivity index (χ0v) is 16.7. The largest absolute Gasteiger partial charge is 0.461 e. The Balaban J connectivity index is 1.96. The van der Waals surface area contributed by atoms with Gasteiger partial charge < -0.3 is 30.1 Å². The van der Waals surface area contributed by atoms with E-state index < -0.39 is 60.8 Å². The Morgan fingerprint density at radius 2 is 1.81 bits per heavy atom. The minimum Gasteiger partial charge on any atom is -0.461 e. The van der Waals surface area contributed by atoms with E-state index in [1.807, 2.05) is 0 Å². The van der Waals surface area contributed by atoms with Crippen molar-refractivity contribution in [3.8, 4) is 16.9 Å². The van der Waals surface area contributed by atoms with E-state index >= 15 is 0 Å². The van der Waals surface area contributed by atoms with Gasteiger partial charge in [-0.3, -0.25) is 4.79 Å². The van der Waals surface area contributed by atoms with Gasteiger partial charge in [0.15, 0.2) is 6.17 Å². The van der Waals surface area contributed by atoms with E-state index in [4.69, 9.17) is 9.47 Å². The van der Waals surface area contributed by atoms with Crippen molar-refractivity contribution in [2.75, 3.05) is 13.7 Å². The van der Waals surface area contributed by atoms with Crippen molar-refractivity contribution in [1.29, 1.82) is 0 Å². The molecule has 4 N–H and O–H groups in total. The van der Waals surface area contributed by atoms with E-state index in [0.717, 1.165) is 12.1 Å². The maximum Gasteiger partial charge on any atom is 0.419 e. The predicted octanol–water partition coefficient (Wildman–Crippen LogP) is 1.89. The highest BCUT2D eigenvalue weighted by Crippen LogP contribution is 2.40. The number of halogens is 4. The first-order valence-electron chi connectivity index (χ1n) is 9.53. The maximum atomic E-state index is 14.4. The third-order valence-corrected chi connectivity index (χ3v) is 5.02. The van der Waals surface area contributed by atoms with E-state index in [9.17, 15) is 37.7 Å². The first-order valence-corrected chi connectivity index (χ1v) is 9.53. The molecule has 0 aromatic heterocycles. The molecule has 11 heteroatoms. The van der Waals surface area contributed by atoms with Crippen LogP contribution in [-0.4, -0.2) is 65.7 Å². The highest BCUT2D eigenvalue weighted by molar-refractivity contribution is 5.95. The second-order valence-corrected chi connectivity index (χ2v) is 7.14. The fourth-order valence-corrected chi connectivity index (χ4v) is 3.28. The Bertz CT molecular complexity index is 968. The van der Waals surface area contributed by atoms with Crippen LogP contribution in [0.25, 0.3) is 11.1 Å². The van der Waals surface area contributed by atoms with Crippen molar-refractivity contribution in [1.82, 2.24) is 5.32 Å². The Morgan fingerprint density at radius 1 is 1.12 bits per heavy atom. The summed E-state index contributed by atoms with van der Waals surface area (Å²) in [6, 6.07) is 8.99. The summed E-state index contributed by atoms with van der Waals surface area (Å²) in [5.74, 6) is -1.18. The summed E-state index contributed by atoms with van der Waals surface area (Å²) in [6.07, 6.45) is -14.5. The van der Waals surface area contributed by atoms with Gasteiger partial charge >= 0.3 is 6.18 Å². The van der Waals surface area contributed by atoms with Gasteiger partial charge in [0.1, 0.15) is 24.1 Å². The standard InChI is InChI=1S/C21H21F4NO6/c1-26-19(30)12-4-2-3-10(7-12)11-5-6-14(13(8-11)21(23,24)25)31-20-16(22)18(29)17(28)15(9-27)32-20/h2-8,15-18,20,27-29H,9H2,1H3,(H,26,30). The molecular weight excluding hydrogens is 438 g/mol. The molecule has 5 atom stereocenters. The monoisotopic (exact) mass is 459 g/mol. The van der Waals surface area contributed by atoms with Gasteiger partial charge in [0.05, 0.1) is 12.2 Å². The van der Waals surface area contributed by atoms with Gasteiger partial charge in [-0.2, -0.15) is 13.2 Å². The third-order valence-electron chi connectivity index (χ3n) is 5.02. The van der Waals surface area contributed by atoms with E-state index in [0.29, 0.717) is 5.56 Å². The fraction of sp³-hybridized carbons (Fsp3) is 0.381. The number of carbonyl (C=O) groups excluding carboxylic acids is 1. The van der Waals surface area contributed by atoms with E-state index in [-0.39, 0.29) is 11.1 Å². The second-order valence-electron chi connectivity index (χ2n) is 7.14. The molecule has 0 spiro atoms. The number of rotatable bonds is 5. The zero-order valence-electron chi connectivity index (χ0n) is 16.7. The van der Waals surface area contributed by atoms with Gasteiger partial charge in [-0.05, 0) is 35.4 Å². The van der Waals surface area contributed by atoms with Crippen LogP contribution in [0, 0.1) is 0 Å². The number of aliphatic hydroxyl groups excluding tert-OH is 3. The fourth-order valence-electron chi connectivity index (χ4n) is 3.28. The molecule has 0 aliphatic carbocycles. The number of aliphatic hydroxyl groups is 3. The molecule has 5 unspecified atom stereocenters. The molecular formula is C21H21F4NO6. The van der Waals surface area contributed by atoms with Crippen molar-refractivity contribution in [2.24, 2.45) is 0 Å². The van der Waals surface area contributed by atoms with Crippen LogP contribution in [0.5, 0.6) is 5.75 Å². The average Bonchev–Trinajstić information content (AvgIpc) is 2.78. The summed E-state index contributed by atoms with van der Waals surface area (Å²) < 4.78 is 65.6. The lowest BCUT2D eigenvalue weighted by molar-refractivity contribution is -0.262. The smallest absolute Gasteiger partial charge is 0.419 e. The van der Waals surface area contributed by atoms with Crippen LogP contribution in [-0.2, 0) is 10.9 Å². The molecule has 0 saturated carbocycles. The van der Waals surface area contributed by atoms with Crippen LogP contribution in [0.1, 0.15) is 15.9 Å². The number of hydrogen-bond acceptors (Lipinski definition) is 6. The summed E-state index contributed by atoms with van der Waals surface area (Å²) in [7, 11) is 1.42. The SMILES string of the molecule is CNC(=O)c1cccc(-c2ccc(OC3OC(CO)C(O)C(O)C3F)c(C(F)(F)F)c2)c1. The molecule has 1 aliphatic heterocycles. The van der Waals surface area contributed by atoms with Crippen LogP contribution in [0.2, 0.25) is 0 Å². The number of nitrogens with one attached hydrogen (secondary N) is 1. The van der Waals surface area contributed by atoms with Gasteiger partial charge in [-0.1, -0.05) is 18.2 Å². The number of hydrogen-bond donors (Lipinski definition) is 4. The highest BCUT2D eigenvalue weighted by Gasteiger charge is 2.47. The normalized spacial score (nSPS) is 25.9. The molecule has 1 aliphatic rings. The van der Waals surface area contributed by atoms with Crippen LogP contribution in [0.15, 0.2) is 42.5 Å². The molecule has 1 fully saturated rings. The third kappa shape index (κ3) is 4.85. The first kappa shape index (κ1) is 23.9. The number of alkyl halides is 4. The van der Waals surface area contributed by atoms with Gasteiger partial charge in [0, 0.05) is 12.6 Å². The lowest BCUT2D eigenvalue weighted by Crippen LogP contribution is -2.58. The van der Waals surface area contributed by atoms with Gasteiger partial charge in [-0.25, -0.2) is 4.39 Å². The van der Waals surface area contributed by atoms with Crippen LogP contribution < -0.4 is 10.1 Å². The predicted molar refractivity (Wildman–Crippen MR) is 104 cm³/mol. The summed E-state index contributed by atoms with van der Waals surface area (Å²) in [5.41, 5.74) is -0.533. The molecule has 1 amide bonds. The van der Waals surface area contributed by atoms with Gasteiger partial charge in [0.25, 0.3) is 5.91 Å². The van der Waals surface area contributed by atoms with Crippen molar-refractivity contribution in [2.45, 2.75) is 36.9 Å². The zero-order chi connectivity index (χ0) is 23.6. The van der Waals surface area contributed by atoms with E-state index in [1.54, 1.807) is 0 Å². The molecule has 174 valence electrons. The summed E-state index contributed by atoms with van der Waals surface area (Å²) >= 11 is 0. The molecule has 3 rings (SSSR count). The minimum atomic E-state index is -4.89. The van der Waals surface area contributed by atoms with Crippen LogP contribution >= 0.6 is 0 Å². The van der Waals surface area contributed by atoms with Crippen molar-refractivity contribution in [3.63, 3.8) is 0 Å². The maximum absolute atomic E-state index is 14.4. The lowest BCUT2D eigenvalue weighted by Gasteiger charge is -2.38. The Morgan fingerprint density at radius 3 is 2.44 bits per heavy atom. The molecule has 1 heterocycles. The summed E-state index contributed by atoms with van der Waals surface area (Å²) in [6.45, 7) is -0.808. The van der Waals surface area contributed by atoms with Crippen LogP contribution in [0.3, 0.4) is 0 Å². The molecule has 0 bridgehead atoms. The van der Waals surface area contributed by atoms with Crippen molar-refractivity contribution < 1.29 is 47.1 Å². The topological polar surface area (TPSA) is 108 Å². The number of carbonyl (C=O) groups is 1. The molecule has 7 nitrogen and oxygen atoms in total. The quantitative estimate of drug-likeness (QED) is 0.509. The number of ether oxygens (including phenoxy) is 2. The van der Waals surface area contributed by atoms with E-state index in [1.165, 1.54) is 37.4 Å². The highest BCUT2D eigenvalue weighted by atomic mass is 19.4. The Labute approximate surface area is 180 Å². The molecule has 2 aromatic rings. The molecule has 0 radical (unpaired) electrons. The Hall–Kier alpha value is -2.73. The number of amides is 1. The first-order chi connectivity index (χ1) is 15.1.